The zero-order chi connectivity index (χ0) is 17.4. The van der Waals surface area contributed by atoms with Gasteiger partial charge in [0.2, 0.25) is 0 Å². The van der Waals surface area contributed by atoms with Gasteiger partial charge in [0.25, 0.3) is 0 Å². The molecule has 2 aromatic heterocycles. The second kappa shape index (κ2) is 9.68. The molecular formula is C17H24N6Os. The summed E-state index contributed by atoms with van der Waals surface area (Å²) in [6.45, 7) is 8.59. The zero-order valence-electron chi connectivity index (χ0n) is 14.1. The van der Waals surface area contributed by atoms with E-state index in [2.05, 4.69) is 39.0 Å². The van der Waals surface area contributed by atoms with Crippen LogP contribution in [0, 0.1) is 0 Å². The van der Waals surface area contributed by atoms with E-state index in [0.717, 1.165) is 53.7 Å². The van der Waals surface area contributed by atoms with Crippen molar-refractivity contribution >= 4 is 9.88 Å². The van der Waals surface area contributed by atoms with Crippen LogP contribution in [0.3, 0.4) is 0 Å². The molecule has 2 aromatic rings. The summed E-state index contributed by atoms with van der Waals surface area (Å²) < 4.78 is 0.783. The van der Waals surface area contributed by atoms with Gasteiger partial charge in [-0.15, -0.1) is 0 Å². The van der Waals surface area contributed by atoms with Gasteiger partial charge in [-0.25, -0.2) is 0 Å². The molecular weight excluding hydrogens is 478 g/mol. The van der Waals surface area contributed by atoms with E-state index in [1.165, 1.54) is 0 Å². The van der Waals surface area contributed by atoms with Crippen LogP contribution in [0.25, 0.3) is 11.5 Å². The van der Waals surface area contributed by atoms with E-state index >= 15 is 0 Å². The van der Waals surface area contributed by atoms with Crippen molar-refractivity contribution in [2.75, 3.05) is 31.5 Å². The Bertz CT molecular complexity index is 654. The van der Waals surface area contributed by atoms with Crippen LogP contribution in [0.15, 0.2) is 30.7 Å². The van der Waals surface area contributed by atoms with Crippen LogP contribution in [-0.4, -0.2) is 50.2 Å². The Kier molecular flexibility index (Phi) is 7.58. The number of anilines is 1. The van der Waals surface area contributed by atoms with E-state index in [1.54, 1.807) is 36.7 Å². The number of nitrogens with one attached hydrogen (secondary N) is 1. The predicted octanol–water partition coefficient (Wildman–Crippen LogP) is 1.67. The van der Waals surface area contributed by atoms with Crippen molar-refractivity contribution in [2.24, 2.45) is 5.73 Å². The Hall–Kier alpha value is -1.54. The Morgan fingerprint density at radius 1 is 1.21 bits per heavy atom. The molecule has 0 fully saturated rings. The van der Waals surface area contributed by atoms with Gasteiger partial charge >= 0.3 is 121 Å². The van der Waals surface area contributed by atoms with Crippen LogP contribution < -0.4 is 11.1 Å². The summed E-state index contributed by atoms with van der Waals surface area (Å²) in [6, 6.07) is 3.80. The molecule has 0 bridgehead atoms. The van der Waals surface area contributed by atoms with Gasteiger partial charge in [-0.1, -0.05) is 13.8 Å². The zero-order valence-corrected chi connectivity index (χ0v) is 16.7. The van der Waals surface area contributed by atoms with Crippen molar-refractivity contribution in [3.05, 3.63) is 36.3 Å². The van der Waals surface area contributed by atoms with Gasteiger partial charge in [0.05, 0.1) is 0 Å². The fourth-order valence-corrected chi connectivity index (χ4v) is 2.72. The van der Waals surface area contributed by atoms with Gasteiger partial charge in [0.15, 0.2) is 0 Å². The molecule has 0 aromatic carbocycles. The first-order valence-corrected chi connectivity index (χ1v) is 9.42. The Morgan fingerprint density at radius 2 is 1.92 bits per heavy atom. The summed E-state index contributed by atoms with van der Waals surface area (Å²) in [7, 11) is 0. The topological polar surface area (TPSA) is 80.0 Å². The van der Waals surface area contributed by atoms with Gasteiger partial charge in [-0.3, -0.25) is 0 Å². The Balaban J connectivity index is 1.91. The second-order valence-electron chi connectivity index (χ2n) is 5.37. The summed E-state index contributed by atoms with van der Waals surface area (Å²) in [6.07, 6.45) is 6.43. The molecule has 0 amide bonds. The average Bonchev–Trinajstić information content (AvgIpc) is 2.62. The van der Waals surface area contributed by atoms with Crippen LogP contribution in [0.4, 0.5) is 5.69 Å². The standard InChI is InChI=1S/C17H24N6.Os/c1-3-23(4-2)9-5-7-19-15-12-21-17(22-13-15)16-10-14(11-18)6-8-20-16;/h6,8,10,12-13,19H,3-5,7,9,18H2,1-2H3;. The van der Waals surface area contributed by atoms with Gasteiger partial charge in [-0.05, 0) is 13.1 Å². The molecule has 2 rings (SSSR count). The summed E-state index contributed by atoms with van der Waals surface area (Å²) >= 11 is 1.66. The van der Waals surface area contributed by atoms with Gasteiger partial charge in [0.1, 0.15) is 0 Å². The van der Waals surface area contributed by atoms with Crippen molar-refractivity contribution in [3.63, 3.8) is 0 Å². The van der Waals surface area contributed by atoms with E-state index < -0.39 is 0 Å². The van der Waals surface area contributed by atoms with E-state index in [0.29, 0.717) is 5.82 Å². The maximum absolute atomic E-state index is 5.84. The molecule has 0 saturated carbocycles. The van der Waals surface area contributed by atoms with Gasteiger partial charge in [0, 0.05) is 0 Å². The number of nitrogens with two attached hydrogens (primary N) is 1. The van der Waals surface area contributed by atoms with Crippen LogP contribution >= 0.6 is 0 Å². The molecule has 0 radical (unpaired) electrons. The summed E-state index contributed by atoms with van der Waals surface area (Å²) in [5.41, 5.74) is 8.46. The minimum atomic E-state index is 0.607. The fourth-order valence-electron chi connectivity index (χ4n) is 2.32. The average molecular weight is 503 g/mol. The molecule has 0 saturated heterocycles. The first-order valence-electron chi connectivity index (χ1n) is 8.15. The quantitative estimate of drug-likeness (QED) is 0.508. The van der Waals surface area contributed by atoms with E-state index in [-0.39, 0.29) is 0 Å². The second-order valence-corrected chi connectivity index (χ2v) is 6.74. The first-order chi connectivity index (χ1) is 11.6. The van der Waals surface area contributed by atoms with Crippen LogP contribution in [0.5, 0.6) is 0 Å². The molecule has 24 heavy (non-hydrogen) atoms. The summed E-state index contributed by atoms with van der Waals surface area (Å²) in [4.78, 5) is 15.5. The van der Waals surface area contributed by atoms with Crippen molar-refractivity contribution in [3.8, 4) is 11.5 Å². The number of hydrogen-bond donors (Lipinski definition) is 2. The summed E-state index contributed by atoms with van der Waals surface area (Å²) in [5, 5.41) is 3.36. The van der Waals surface area contributed by atoms with Crippen molar-refractivity contribution in [2.45, 2.75) is 20.3 Å². The number of pyridine rings is 1. The van der Waals surface area contributed by atoms with Crippen molar-refractivity contribution in [1.82, 2.24) is 19.9 Å². The monoisotopic (exact) mass is 504 g/mol. The third-order valence-corrected chi connectivity index (χ3v) is 4.52. The Morgan fingerprint density at radius 3 is 2.54 bits per heavy atom. The molecule has 0 aliphatic carbocycles. The molecule has 2 heterocycles. The van der Waals surface area contributed by atoms with Gasteiger partial charge < -0.3 is 4.90 Å². The number of aromatic nitrogens is 3. The van der Waals surface area contributed by atoms with E-state index in [9.17, 15) is 0 Å². The third-order valence-electron chi connectivity index (χ3n) is 3.78. The molecule has 6 nitrogen and oxygen atoms in total. The summed E-state index contributed by atoms with van der Waals surface area (Å²) in [5.74, 6) is 0.607. The molecule has 0 aliphatic heterocycles. The number of nitrogens with zero attached hydrogens (tertiary/aromatic N) is 4. The number of rotatable bonds is 9. The molecule has 0 spiro atoms. The SMILES string of the molecule is CCN(CC)CCCNc1cnc(-c2cc([C](N)=[Os])ccn2)nc1. The first kappa shape index (κ1) is 18.8. The fraction of sp³-hybridized carbons (Fsp3) is 0.412. The third kappa shape index (κ3) is 5.52. The molecule has 0 aliphatic rings. The molecule has 3 N–H and O–H groups in total. The normalized spacial score (nSPS) is 10.9. The predicted molar refractivity (Wildman–Crippen MR) is 94.5 cm³/mol. The van der Waals surface area contributed by atoms with Gasteiger partial charge in [-0.2, -0.15) is 0 Å². The Labute approximate surface area is 153 Å². The molecule has 7 heteroatoms. The van der Waals surface area contributed by atoms with Crippen LogP contribution in [-0.2, 0) is 18.1 Å². The maximum atomic E-state index is 5.84. The number of hydrogen-bond acceptors (Lipinski definition) is 6. The minimum absolute atomic E-state index is 0.607. The van der Waals surface area contributed by atoms with Crippen molar-refractivity contribution in [1.29, 1.82) is 0 Å². The van der Waals surface area contributed by atoms with Crippen LogP contribution in [0.1, 0.15) is 25.8 Å². The molecule has 130 valence electrons. The molecule has 0 atom stereocenters. The van der Waals surface area contributed by atoms with E-state index in [1.807, 2.05) is 12.1 Å². The molecule has 0 unspecified atom stereocenters. The van der Waals surface area contributed by atoms with Crippen molar-refractivity contribution < 1.29 is 18.1 Å². The van der Waals surface area contributed by atoms with E-state index in [4.69, 9.17) is 5.73 Å². The van der Waals surface area contributed by atoms with Crippen LogP contribution in [0.2, 0.25) is 0 Å².